The van der Waals surface area contributed by atoms with E-state index in [9.17, 15) is 33.9 Å². The number of hydrogen-bond donors (Lipinski definition) is 7. The predicted octanol–water partition coefficient (Wildman–Crippen LogP) is -1.51. The molecule has 9 N–H and O–H groups in total. The third-order valence-electron chi connectivity index (χ3n) is 5.24. The second kappa shape index (κ2) is 14.4. The lowest BCUT2D eigenvalue weighted by Gasteiger charge is -2.25. The number of carboxylic acids is 2. The van der Waals surface area contributed by atoms with Crippen LogP contribution in [0, 0.1) is 5.92 Å². The van der Waals surface area contributed by atoms with E-state index in [0.29, 0.717) is 5.56 Å². The van der Waals surface area contributed by atoms with Gasteiger partial charge in [-0.25, -0.2) is 4.79 Å². The average Bonchev–Trinajstić information content (AvgIpc) is 2.80. The molecule has 13 nitrogen and oxygen atoms in total. The molecule has 4 amide bonds. The Labute approximate surface area is 208 Å². The van der Waals surface area contributed by atoms with Crippen molar-refractivity contribution < 1.29 is 39.0 Å². The first-order valence-corrected chi connectivity index (χ1v) is 11.2. The molecule has 0 aliphatic carbocycles. The fourth-order valence-corrected chi connectivity index (χ4v) is 3.11. The van der Waals surface area contributed by atoms with Crippen LogP contribution in [-0.2, 0) is 35.2 Å². The highest BCUT2D eigenvalue weighted by Gasteiger charge is 2.31. The van der Waals surface area contributed by atoms with Gasteiger partial charge in [-0.15, -0.1) is 0 Å². The zero-order chi connectivity index (χ0) is 27.4. The fraction of sp³-hybridized carbons (Fsp3) is 0.478. The summed E-state index contributed by atoms with van der Waals surface area (Å²) in [5, 5.41) is 25.5. The summed E-state index contributed by atoms with van der Waals surface area (Å²) < 4.78 is 0. The Balaban J connectivity index is 3.05. The first kappa shape index (κ1) is 30.0. The van der Waals surface area contributed by atoms with E-state index in [1.54, 1.807) is 44.2 Å². The number of carbonyl (C=O) groups is 6. The zero-order valence-electron chi connectivity index (χ0n) is 20.1. The van der Waals surface area contributed by atoms with E-state index in [-0.39, 0.29) is 18.8 Å². The molecule has 0 spiro atoms. The molecule has 0 aliphatic rings. The highest BCUT2D eigenvalue weighted by molar-refractivity contribution is 5.96. The Kier molecular flexibility index (Phi) is 12.0. The molecule has 0 heterocycles. The molecule has 1 aromatic rings. The van der Waals surface area contributed by atoms with Gasteiger partial charge in [0.05, 0.1) is 12.5 Å². The highest BCUT2D eigenvalue weighted by Crippen LogP contribution is 2.07. The van der Waals surface area contributed by atoms with Gasteiger partial charge in [-0.05, 0) is 17.9 Å². The van der Waals surface area contributed by atoms with Crippen LogP contribution in [0.2, 0.25) is 0 Å². The minimum atomic E-state index is -1.49. The third kappa shape index (κ3) is 10.5. The van der Waals surface area contributed by atoms with Gasteiger partial charge in [-0.1, -0.05) is 44.2 Å². The van der Waals surface area contributed by atoms with Crippen molar-refractivity contribution >= 4 is 35.6 Å². The van der Waals surface area contributed by atoms with E-state index >= 15 is 0 Å². The number of primary amides is 1. The van der Waals surface area contributed by atoms with E-state index in [0.717, 1.165) is 0 Å². The largest absolute Gasteiger partial charge is 0.481 e. The number of carbonyl (C=O) groups excluding carboxylic acids is 4. The first-order chi connectivity index (χ1) is 16.8. The Hall–Kier alpha value is -4.00. The van der Waals surface area contributed by atoms with Crippen LogP contribution >= 0.6 is 0 Å². The van der Waals surface area contributed by atoms with Crippen LogP contribution in [0.5, 0.6) is 0 Å². The van der Waals surface area contributed by atoms with E-state index in [1.165, 1.54) is 0 Å². The smallest absolute Gasteiger partial charge is 0.326 e. The predicted molar refractivity (Wildman–Crippen MR) is 127 cm³/mol. The molecule has 0 aliphatic heterocycles. The normalized spacial score (nSPS) is 14.1. The lowest BCUT2D eigenvalue weighted by molar-refractivity contribution is -0.143. The number of benzene rings is 1. The van der Waals surface area contributed by atoms with Gasteiger partial charge < -0.3 is 37.6 Å². The zero-order valence-corrected chi connectivity index (χ0v) is 20.1. The number of nitrogens with two attached hydrogens (primary N) is 2. The lowest BCUT2D eigenvalue weighted by Crippen LogP contribution is -2.58. The van der Waals surface area contributed by atoms with Gasteiger partial charge in [0.25, 0.3) is 0 Å². The summed E-state index contributed by atoms with van der Waals surface area (Å²) in [6.07, 6.45) is -1.58. The van der Waals surface area contributed by atoms with Crippen molar-refractivity contribution in [3.8, 4) is 0 Å². The van der Waals surface area contributed by atoms with Crippen molar-refractivity contribution in [1.29, 1.82) is 0 Å². The minimum Gasteiger partial charge on any atom is -0.481 e. The van der Waals surface area contributed by atoms with Gasteiger partial charge in [0, 0.05) is 12.8 Å². The summed E-state index contributed by atoms with van der Waals surface area (Å²) >= 11 is 0. The molecule has 13 heteroatoms. The van der Waals surface area contributed by atoms with Crippen LogP contribution in [-0.4, -0.2) is 69.9 Å². The Morgan fingerprint density at radius 1 is 0.833 bits per heavy atom. The summed E-state index contributed by atoms with van der Waals surface area (Å²) in [6, 6.07) is 3.16. The second-order valence-electron chi connectivity index (χ2n) is 8.58. The topological polar surface area (TPSA) is 231 Å². The van der Waals surface area contributed by atoms with Crippen molar-refractivity contribution in [3.05, 3.63) is 35.9 Å². The summed E-state index contributed by atoms with van der Waals surface area (Å²) in [4.78, 5) is 72.3. The Morgan fingerprint density at radius 2 is 1.36 bits per heavy atom. The van der Waals surface area contributed by atoms with Gasteiger partial charge in [-0.2, -0.15) is 0 Å². The molecule has 0 saturated carbocycles. The summed E-state index contributed by atoms with van der Waals surface area (Å²) in [6.45, 7) is 3.35. The first-order valence-electron chi connectivity index (χ1n) is 11.2. The van der Waals surface area contributed by atoms with E-state index in [4.69, 9.17) is 16.6 Å². The average molecular weight is 508 g/mol. The molecule has 36 heavy (non-hydrogen) atoms. The number of nitrogens with one attached hydrogen (secondary N) is 3. The van der Waals surface area contributed by atoms with Gasteiger partial charge >= 0.3 is 11.9 Å². The third-order valence-corrected chi connectivity index (χ3v) is 5.24. The van der Waals surface area contributed by atoms with Crippen LogP contribution < -0.4 is 27.4 Å². The van der Waals surface area contributed by atoms with Crippen molar-refractivity contribution in [1.82, 2.24) is 16.0 Å². The van der Waals surface area contributed by atoms with Crippen molar-refractivity contribution in [2.45, 2.75) is 63.7 Å². The molecule has 1 aromatic carbocycles. The second-order valence-corrected chi connectivity index (χ2v) is 8.58. The van der Waals surface area contributed by atoms with Crippen LogP contribution in [0.4, 0.5) is 0 Å². The van der Waals surface area contributed by atoms with Gasteiger partial charge in [0.2, 0.25) is 23.6 Å². The summed E-state index contributed by atoms with van der Waals surface area (Å²) in [5.41, 5.74) is 11.6. The standard InChI is InChI=1S/C23H33N5O8/c1-12(2)19(25)22(34)27-15(11-17(24)29)21(33)26-14(8-9-18(30)31)20(32)28-16(23(35)36)10-13-6-4-3-5-7-13/h3-7,12,14-16,19H,8-11,25H2,1-2H3,(H2,24,29)(H,26,33)(H,27,34)(H,28,32)(H,30,31)(H,35,36). The highest BCUT2D eigenvalue weighted by atomic mass is 16.4. The van der Waals surface area contributed by atoms with Crippen LogP contribution in [0.15, 0.2) is 30.3 Å². The van der Waals surface area contributed by atoms with E-state index in [2.05, 4.69) is 16.0 Å². The van der Waals surface area contributed by atoms with Crippen LogP contribution in [0.25, 0.3) is 0 Å². The Bertz CT molecular complexity index is 953. The molecular weight excluding hydrogens is 474 g/mol. The maximum atomic E-state index is 12.9. The van der Waals surface area contributed by atoms with Crippen molar-refractivity contribution in [2.24, 2.45) is 17.4 Å². The minimum absolute atomic E-state index is 0.0606. The molecular formula is C23H33N5O8. The summed E-state index contributed by atoms with van der Waals surface area (Å²) in [5.74, 6) is -6.47. The monoisotopic (exact) mass is 507 g/mol. The van der Waals surface area contributed by atoms with Crippen LogP contribution in [0.1, 0.15) is 38.7 Å². The molecule has 0 bridgehead atoms. The molecule has 0 fully saturated rings. The molecule has 0 radical (unpaired) electrons. The van der Waals surface area contributed by atoms with Gasteiger partial charge in [-0.3, -0.25) is 24.0 Å². The van der Waals surface area contributed by atoms with Gasteiger partial charge in [0.15, 0.2) is 0 Å². The fourth-order valence-electron chi connectivity index (χ4n) is 3.11. The number of carboxylic acid groups (broad SMARTS) is 2. The van der Waals surface area contributed by atoms with Crippen LogP contribution in [0.3, 0.4) is 0 Å². The van der Waals surface area contributed by atoms with E-state index < -0.39 is 72.6 Å². The lowest BCUT2D eigenvalue weighted by atomic mass is 10.0. The molecule has 198 valence electrons. The molecule has 4 unspecified atom stereocenters. The van der Waals surface area contributed by atoms with Crippen molar-refractivity contribution in [3.63, 3.8) is 0 Å². The Morgan fingerprint density at radius 3 is 1.86 bits per heavy atom. The van der Waals surface area contributed by atoms with Gasteiger partial charge in [0.1, 0.15) is 18.1 Å². The number of aliphatic carboxylic acids is 2. The maximum absolute atomic E-state index is 12.9. The molecule has 0 saturated heterocycles. The number of hydrogen-bond acceptors (Lipinski definition) is 7. The maximum Gasteiger partial charge on any atom is 0.326 e. The SMILES string of the molecule is CC(C)C(N)C(=O)NC(CC(N)=O)C(=O)NC(CCC(=O)O)C(=O)NC(Cc1ccccc1)C(=O)O. The quantitative estimate of drug-likeness (QED) is 0.146. The summed E-state index contributed by atoms with van der Waals surface area (Å²) in [7, 11) is 0. The van der Waals surface area contributed by atoms with E-state index in [1.807, 2.05) is 0 Å². The van der Waals surface area contributed by atoms with Crippen molar-refractivity contribution in [2.75, 3.05) is 0 Å². The number of rotatable bonds is 15. The molecule has 0 aromatic heterocycles. The molecule has 4 atom stereocenters. The molecule has 1 rings (SSSR count). The number of amides is 4.